The van der Waals surface area contributed by atoms with Crippen LogP contribution in [-0.2, 0) is 16.0 Å². The Morgan fingerprint density at radius 2 is 2.05 bits per heavy atom. The first-order valence-corrected chi connectivity index (χ1v) is 7.72. The largest absolute Gasteiger partial charge is 0.459 e. The lowest BCUT2D eigenvalue weighted by molar-refractivity contribution is -0.156. The zero-order chi connectivity index (χ0) is 15.5. The number of H-pyrrole nitrogens is 1. The van der Waals surface area contributed by atoms with Crippen molar-refractivity contribution in [2.75, 3.05) is 19.6 Å². The second-order valence-electron chi connectivity index (χ2n) is 6.63. The number of aromatic amines is 1. The van der Waals surface area contributed by atoms with Crippen molar-refractivity contribution in [1.29, 1.82) is 0 Å². The zero-order valence-electron chi connectivity index (χ0n) is 13.5. The molecule has 1 aromatic rings. The average Bonchev–Trinajstić information content (AvgIpc) is 2.86. The van der Waals surface area contributed by atoms with Crippen LogP contribution >= 0.6 is 0 Å². The molecule has 1 N–H and O–H groups in total. The van der Waals surface area contributed by atoms with Gasteiger partial charge < -0.3 is 4.74 Å². The maximum atomic E-state index is 11.8. The van der Waals surface area contributed by atoms with Gasteiger partial charge in [-0.3, -0.25) is 14.8 Å². The van der Waals surface area contributed by atoms with E-state index in [0.717, 1.165) is 44.0 Å². The van der Waals surface area contributed by atoms with Crippen LogP contribution in [0.2, 0.25) is 0 Å². The van der Waals surface area contributed by atoms with Crippen molar-refractivity contribution in [3.63, 3.8) is 0 Å². The highest BCUT2D eigenvalue weighted by molar-refractivity contribution is 5.72. The number of carbonyl (C=O) groups excluding carboxylic acids is 1. The maximum Gasteiger partial charge on any atom is 0.320 e. The van der Waals surface area contributed by atoms with Crippen LogP contribution in [0.3, 0.4) is 0 Å². The Hall–Kier alpha value is -1.43. The number of hydrogen-bond acceptors (Lipinski definition) is 5. The van der Waals surface area contributed by atoms with Gasteiger partial charge in [-0.25, -0.2) is 4.98 Å². The molecule has 0 atom stereocenters. The summed E-state index contributed by atoms with van der Waals surface area (Å²) in [7, 11) is 0. The molecule has 0 amide bonds. The monoisotopic (exact) mass is 294 g/mol. The molecule has 6 heteroatoms. The Balaban J connectivity index is 1.79. The van der Waals surface area contributed by atoms with E-state index in [1.54, 1.807) is 0 Å². The highest BCUT2D eigenvalue weighted by atomic mass is 16.6. The summed E-state index contributed by atoms with van der Waals surface area (Å²) < 4.78 is 5.36. The lowest BCUT2D eigenvalue weighted by Gasteiger charge is -2.30. The molecule has 0 aromatic carbocycles. The molecule has 0 aliphatic carbocycles. The number of likely N-dealkylation sites (tertiary alicyclic amines) is 1. The molecule has 2 heterocycles. The molecule has 2 rings (SSSR count). The van der Waals surface area contributed by atoms with Crippen molar-refractivity contribution in [2.24, 2.45) is 0 Å². The lowest BCUT2D eigenvalue weighted by Crippen LogP contribution is -2.39. The number of esters is 1. The number of aromatic nitrogens is 3. The molecule has 0 unspecified atom stereocenters. The van der Waals surface area contributed by atoms with Crippen LogP contribution in [-0.4, -0.2) is 51.3 Å². The minimum absolute atomic E-state index is 0.146. The molecule has 1 aromatic heterocycles. The fourth-order valence-electron chi connectivity index (χ4n) is 2.56. The number of ether oxygens (including phenoxy) is 1. The van der Waals surface area contributed by atoms with E-state index >= 15 is 0 Å². The number of rotatable bonds is 4. The second kappa shape index (κ2) is 6.56. The third-order valence-electron chi connectivity index (χ3n) is 3.61. The Kier molecular flexibility index (Phi) is 4.98. The van der Waals surface area contributed by atoms with E-state index in [1.165, 1.54) is 0 Å². The van der Waals surface area contributed by atoms with E-state index in [4.69, 9.17) is 4.74 Å². The topological polar surface area (TPSA) is 71.1 Å². The molecule has 1 fully saturated rings. The molecular formula is C15H26N4O2. The third-order valence-corrected chi connectivity index (χ3v) is 3.61. The summed E-state index contributed by atoms with van der Waals surface area (Å²) in [6.07, 6.45) is 2.86. The second-order valence-corrected chi connectivity index (χ2v) is 6.63. The number of hydrogen-bond donors (Lipinski definition) is 1. The van der Waals surface area contributed by atoms with Crippen molar-refractivity contribution in [3.8, 4) is 0 Å². The van der Waals surface area contributed by atoms with Gasteiger partial charge >= 0.3 is 5.97 Å². The fraction of sp³-hybridized carbons (Fsp3) is 0.800. The number of nitrogens with one attached hydrogen (secondary N) is 1. The average molecular weight is 294 g/mol. The summed E-state index contributed by atoms with van der Waals surface area (Å²) in [5.74, 6) is 2.12. The molecular weight excluding hydrogens is 268 g/mol. The number of piperidine rings is 1. The molecule has 6 nitrogen and oxygen atoms in total. The number of aryl methyl sites for hydroxylation is 1. The smallest absolute Gasteiger partial charge is 0.320 e. The van der Waals surface area contributed by atoms with Gasteiger partial charge in [0.05, 0.1) is 6.54 Å². The molecule has 1 saturated heterocycles. The lowest BCUT2D eigenvalue weighted by atomic mass is 9.96. The molecule has 0 saturated carbocycles. The predicted molar refractivity (Wildman–Crippen MR) is 80.0 cm³/mol. The summed E-state index contributed by atoms with van der Waals surface area (Å²) >= 11 is 0. The first-order chi connectivity index (χ1) is 9.87. The SMILES string of the molecule is CCc1nc(C2CCN(CC(=O)OC(C)(C)C)CC2)n[nH]1. The van der Waals surface area contributed by atoms with E-state index in [2.05, 4.69) is 27.0 Å². The van der Waals surface area contributed by atoms with Gasteiger partial charge in [-0.1, -0.05) is 6.92 Å². The predicted octanol–water partition coefficient (Wildman–Crippen LogP) is 1.89. The Bertz CT molecular complexity index is 470. The van der Waals surface area contributed by atoms with Crippen molar-refractivity contribution < 1.29 is 9.53 Å². The van der Waals surface area contributed by atoms with Crippen LogP contribution in [0.1, 0.15) is 58.1 Å². The third kappa shape index (κ3) is 4.81. The maximum absolute atomic E-state index is 11.8. The molecule has 118 valence electrons. The van der Waals surface area contributed by atoms with E-state index in [0.29, 0.717) is 12.5 Å². The first-order valence-electron chi connectivity index (χ1n) is 7.72. The van der Waals surface area contributed by atoms with E-state index in [1.807, 2.05) is 20.8 Å². The summed E-state index contributed by atoms with van der Waals surface area (Å²) in [6, 6.07) is 0. The Morgan fingerprint density at radius 3 is 2.57 bits per heavy atom. The van der Waals surface area contributed by atoms with Gasteiger partial charge in [0, 0.05) is 12.3 Å². The van der Waals surface area contributed by atoms with Crippen molar-refractivity contribution in [3.05, 3.63) is 11.6 Å². The van der Waals surface area contributed by atoms with Gasteiger partial charge in [-0.2, -0.15) is 5.10 Å². The van der Waals surface area contributed by atoms with Crippen LogP contribution in [0.25, 0.3) is 0 Å². The quantitative estimate of drug-likeness (QED) is 0.859. The zero-order valence-corrected chi connectivity index (χ0v) is 13.5. The first kappa shape index (κ1) is 15.9. The Labute approximate surface area is 126 Å². The van der Waals surface area contributed by atoms with Crippen LogP contribution in [0, 0.1) is 0 Å². The van der Waals surface area contributed by atoms with Gasteiger partial charge in [-0.05, 0) is 46.7 Å². The summed E-state index contributed by atoms with van der Waals surface area (Å²) in [5.41, 5.74) is -0.412. The van der Waals surface area contributed by atoms with Crippen molar-refractivity contribution >= 4 is 5.97 Å². The van der Waals surface area contributed by atoms with Gasteiger partial charge in [0.15, 0.2) is 5.82 Å². The molecule has 0 bridgehead atoms. The minimum atomic E-state index is -0.412. The summed E-state index contributed by atoms with van der Waals surface area (Å²) in [4.78, 5) is 18.5. The highest BCUT2D eigenvalue weighted by Crippen LogP contribution is 2.25. The van der Waals surface area contributed by atoms with Gasteiger partial charge in [0.25, 0.3) is 0 Å². The van der Waals surface area contributed by atoms with E-state index in [-0.39, 0.29) is 5.97 Å². The van der Waals surface area contributed by atoms with Crippen molar-refractivity contribution in [2.45, 2.75) is 58.5 Å². The van der Waals surface area contributed by atoms with Gasteiger partial charge in [-0.15, -0.1) is 0 Å². The molecule has 21 heavy (non-hydrogen) atoms. The van der Waals surface area contributed by atoms with Crippen LogP contribution in [0.15, 0.2) is 0 Å². The Morgan fingerprint density at radius 1 is 1.38 bits per heavy atom. The number of carbonyl (C=O) groups is 1. The number of nitrogens with zero attached hydrogens (tertiary/aromatic N) is 3. The molecule has 0 radical (unpaired) electrons. The van der Waals surface area contributed by atoms with E-state index < -0.39 is 5.60 Å². The normalized spacial score (nSPS) is 17.9. The van der Waals surface area contributed by atoms with E-state index in [9.17, 15) is 4.79 Å². The highest BCUT2D eigenvalue weighted by Gasteiger charge is 2.26. The van der Waals surface area contributed by atoms with Gasteiger partial charge in [0.1, 0.15) is 11.4 Å². The van der Waals surface area contributed by atoms with Gasteiger partial charge in [0.2, 0.25) is 0 Å². The molecule has 1 aliphatic rings. The standard InChI is InChI=1S/C15H26N4O2/c1-5-12-16-14(18-17-12)11-6-8-19(9-7-11)10-13(20)21-15(2,3)4/h11H,5-10H2,1-4H3,(H,16,17,18). The molecule has 0 spiro atoms. The van der Waals surface area contributed by atoms with Crippen LogP contribution in [0.4, 0.5) is 0 Å². The van der Waals surface area contributed by atoms with Crippen LogP contribution in [0.5, 0.6) is 0 Å². The summed E-state index contributed by atoms with van der Waals surface area (Å²) in [6.45, 7) is 9.90. The molecule has 1 aliphatic heterocycles. The van der Waals surface area contributed by atoms with Crippen LogP contribution < -0.4 is 0 Å². The van der Waals surface area contributed by atoms with Crippen molar-refractivity contribution in [1.82, 2.24) is 20.1 Å². The fourth-order valence-corrected chi connectivity index (χ4v) is 2.56. The summed E-state index contributed by atoms with van der Waals surface area (Å²) in [5, 5.41) is 7.27. The minimum Gasteiger partial charge on any atom is -0.459 e.